The van der Waals surface area contributed by atoms with Crippen molar-refractivity contribution in [2.45, 2.75) is 13.0 Å². The highest BCUT2D eigenvalue weighted by Gasteiger charge is 2.31. The molecule has 0 saturated carbocycles. The summed E-state index contributed by atoms with van der Waals surface area (Å²) in [6.07, 6.45) is 1.30. The van der Waals surface area contributed by atoms with Gasteiger partial charge in [0.05, 0.1) is 31.1 Å². The highest BCUT2D eigenvalue weighted by atomic mass is 16.5. The quantitative estimate of drug-likeness (QED) is 0.543. The molecule has 0 bridgehead atoms. The van der Waals surface area contributed by atoms with E-state index < -0.39 is 23.8 Å². The molecule has 1 unspecified atom stereocenters. The number of hydrogen-bond acceptors (Lipinski definition) is 7. The Morgan fingerprint density at radius 3 is 2.90 bits per heavy atom. The summed E-state index contributed by atoms with van der Waals surface area (Å²) in [4.78, 5) is 40.2. The number of pyridine rings is 1. The maximum absolute atomic E-state index is 11.6. The van der Waals surface area contributed by atoms with Crippen LogP contribution in [-0.4, -0.2) is 42.5 Å². The summed E-state index contributed by atoms with van der Waals surface area (Å²) in [6.45, 7) is 1.61. The number of hydrogen-bond donors (Lipinski definition) is 2. The number of amides is 2. The Kier molecular flexibility index (Phi) is 3.55. The minimum absolute atomic E-state index is 0.0234. The van der Waals surface area contributed by atoms with Crippen molar-refractivity contribution in [2.75, 3.05) is 24.3 Å². The van der Waals surface area contributed by atoms with Crippen LogP contribution in [0.15, 0.2) is 12.3 Å². The number of rotatable bonds is 2. The van der Waals surface area contributed by atoms with E-state index in [1.165, 1.54) is 24.3 Å². The lowest BCUT2D eigenvalue weighted by Gasteiger charge is -2.32. The Morgan fingerprint density at radius 2 is 2.25 bits per heavy atom. The summed E-state index contributed by atoms with van der Waals surface area (Å²) in [6, 6.07) is 0.832. The molecule has 0 radical (unpaired) electrons. The third-order valence-electron chi connectivity index (χ3n) is 3.04. The van der Waals surface area contributed by atoms with Crippen LogP contribution in [0.4, 0.5) is 11.5 Å². The maximum Gasteiger partial charge on any atom is 0.340 e. The molecule has 1 fully saturated rings. The van der Waals surface area contributed by atoms with E-state index in [2.05, 4.69) is 15.0 Å². The number of carbonyl (C=O) groups is 3. The van der Waals surface area contributed by atoms with Gasteiger partial charge in [-0.25, -0.2) is 9.78 Å². The molecule has 106 valence electrons. The van der Waals surface area contributed by atoms with E-state index in [-0.39, 0.29) is 17.8 Å². The zero-order valence-corrected chi connectivity index (χ0v) is 11.0. The number of imide groups is 1. The first-order chi connectivity index (χ1) is 9.43. The van der Waals surface area contributed by atoms with E-state index in [4.69, 9.17) is 5.73 Å². The first-order valence-electron chi connectivity index (χ1n) is 5.88. The molecule has 0 aliphatic carbocycles. The van der Waals surface area contributed by atoms with Crippen molar-refractivity contribution in [3.8, 4) is 0 Å². The molecule has 1 aromatic rings. The largest absolute Gasteiger partial charge is 0.465 e. The fourth-order valence-electron chi connectivity index (χ4n) is 1.89. The second kappa shape index (κ2) is 5.16. The zero-order chi connectivity index (χ0) is 14.9. The van der Waals surface area contributed by atoms with Crippen molar-refractivity contribution in [3.63, 3.8) is 0 Å². The summed E-state index contributed by atoms with van der Waals surface area (Å²) < 4.78 is 4.62. The topological polar surface area (TPSA) is 115 Å². The lowest BCUT2D eigenvalue weighted by atomic mass is 10.1. The van der Waals surface area contributed by atoms with Gasteiger partial charge in [-0.15, -0.1) is 0 Å². The zero-order valence-electron chi connectivity index (χ0n) is 11.0. The van der Waals surface area contributed by atoms with Crippen LogP contribution in [0.25, 0.3) is 0 Å². The molecule has 1 aliphatic heterocycles. The molecule has 8 heteroatoms. The molecule has 1 aromatic heterocycles. The first-order valence-corrected chi connectivity index (χ1v) is 5.88. The molecule has 0 spiro atoms. The molecule has 3 N–H and O–H groups in total. The third-order valence-corrected chi connectivity index (χ3v) is 3.04. The van der Waals surface area contributed by atoms with E-state index >= 15 is 0 Å². The second-order valence-electron chi connectivity index (χ2n) is 4.34. The number of nitrogens with two attached hydrogens (primary N) is 1. The second-order valence-corrected chi connectivity index (χ2v) is 4.34. The first kappa shape index (κ1) is 13.8. The van der Waals surface area contributed by atoms with Crippen LogP contribution in [0.1, 0.15) is 17.3 Å². The van der Waals surface area contributed by atoms with Gasteiger partial charge in [0.1, 0.15) is 11.9 Å². The van der Waals surface area contributed by atoms with E-state index in [0.29, 0.717) is 5.82 Å². The van der Waals surface area contributed by atoms with Crippen molar-refractivity contribution >= 4 is 29.3 Å². The number of nitrogens with one attached hydrogen (secondary N) is 1. The molecule has 1 saturated heterocycles. The molecule has 0 aromatic carbocycles. The summed E-state index contributed by atoms with van der Waals surface area (Å²) in [5.41, 5.74) is 5.97. The Labute approximate surface area is 114 Å². The van der Waals surface area contributed by atoms with Gasteiger partial charge in [0, 0.05) is 0 Å². The van der Waals surface area contributed by atoms with Crippen molar-refractivity contribution in [3.05, 3.63) is 17.8 Å². The Bertz CT molecular complexity index is 587. The van der Waals surface area contributed by atoms with Gasteiger partial charge in [0.25, 0.3) is 0 Å². The lowest BCUT2D eigenvalue weighted by molar-refractivity contribution is -0.132. The number of aromatic nitrogens is 1. The molecule has 1 atom stereocenters. The molecule has 2 amide bonds. The molecule has 2 heterocycles. The molecule has 20 heavy (non-hydrogen) atoms. The van der Waals surface area contributed by atoms with Crippen LogP contribution in [0.3, 0.4) is 0 Å². The average molecular weight is 278 g/mol. The summed E-state index contributed by atoms with van der Waals surface area (Å²) in [7, 11) is 1.24. The minimum Gasteiger partial charge on any atom is -0.465 e. The standard InChI is InChI=1S/C12H14N4O4/c1-6-11(18)15-10(17)5-16(6)9-3-7(12(19)20-2)8(13)4-14-9/h3-4,6H,5,13H2,1-2H3,(H,15,17,18). The van der Waals surface area contributed by atoms with Crippen LogP contribution in [0, 0.1) is 0 Å². The van der Waals surface area contributed by atoms with Gasteiger partial charge in [-0.3, -0.25) is 14.9 Å². The summed E-state index contributed by atoms with van der Waals surface area (Å²) in [5.74, 6) is -1.13. The van der Waals surface area contributed by atoms with Crippen LogP contribution >= 0.6 is 0 Å². The van der Waals surface area contributed by atoms with Gasteiger partial charge >= 0.3 is 5.97 Å². The molecule has 8 nitrogen and oxygen atoms in total. The minimum atomic E-state index is -0.605. The predicted octanol–water partition coefficient (Wildman–Crippen LogP) is -0.698. The summed E-state index contributed by atoms with van der Waals surface area (Å²) >= 11 is 0. The van der Waals surface area contributed by atoms with Crippen LogP contribution in [0.2, 0.25) is 0 Å². The number of ether oxygens (including phenoxy) is 1. The Morgan fingerprint density at radius 1 is 1.55 bits per heavy atom. The Balaban J connectivity index is 2.39. The monoisotopic (exact) mass is 278 g/mol. The number of esters is 1. The average Bonchev–Trinajstić information content (AvgIpc) is 2.42. The van der Waals surface area contributed by atoms with Crippen molar-refractivity contribution in [2.24, 2.45) is 0 Å². The SMILES string of the molecule is COC(=O)c1cc(N2CC(=O)NC(=O)C2C)ncc1N. The molecular formula is C12H14N4O4. The molecule has 2 rings (SSSR count). The highest BCUT2D eigenvalue weighted by molar-refractivity contribution is 6.04. The van der Waals surface area contributed by atoms with Crippen LogP contribution < -0.4 is 16.0 Å². The highest BCUT2D eigenvalue weighted by Crippen LogP contribution is 2.21. The third kappa shape index (κ3) is 2.40. The van der Waals surface area contributed by atoms with Gasteiger partial charge in [0.2, 0.25) is 11.8 Å². The normalized spacial score (nSPS) is 18.7. The van der Waals surface area contributed by atoms with Crippen molar-refractivity contribution in [1.82, 2.24) is 10.3 Å². The lowest BCUT2D eigenvalue weighted by Crippen LogP contribution is -2.57. The number of methoxy groups -OCH3 is 1. The number of carbonyl (C=O) groups excluding carboxylic acids is 3. The fraction of sp³-hybridized carbons (Fsp3) is 0.333. The Hall–Kier alpha value is -2.64. The fourth-order valence-corrected chi connectivity index (χ4v) is 1.89. The van der Waals surface area contributed by atoms with E-state index in [9.17, 15) is 14.4 Å². The van der Waals surface area contributed by atoms with Gasteiger partial charge < -0.3 is 15.4 Å². The van der Waals surface area contributed by atoms with Crippen LogP contribution in [-0.2, 0) is 14.3 Å². The van der Waals surface area contributed by atoms with E-state index in [1.807, 2.05) is 0 Å². The van der Waals surface area contributed by atoms with E-state index in [1.54, 1.807) is 6.92 Å². The maximum atomic E-state index is 11.6. The molecule has 1 aliphatic rings. The predicted molar refractivity (Wildman–Crippen MR) is 69.9 cm³/mol. The number of nitrogen functional groups attached to an aromatic ring is 1. The number of nitrogens with zero attached hydrogens (tertiary/aromatic N) is 2. The van der Waals surface area contributed by atoms with Crippen molar-refractivity contribution in [1.29, 1.82) is 0 Å². The smallest absolute Gasteiger partial charge is 0.340 e. The van der Waals surface area contributed by atoms with Crippen LogP contribution in [0.5, 0.6) is 0 Å². The van der Waals surface area contributed by atoms with Gasteiger partial charge in [-0.2, -0.15) is 0 Å². The van der Waals surface area contributed by atoms with Gasteiger partial charge in [-0.05, 0) is 13.0 Å². The van der Waals surface area contributed by atoms with Gasteiger partial charge in [-0.1, -0.05) is 0 Å². The van der Waals surface area contributed by atoms with E-state index in [0.717, 1.165) is 0 Å². The van der Waals surface area contributed by atoms with Crippen molar-refractivity contribution < 1.29 is 19.1 Å². The molecular weight excluding hydrogens is 264 g/mol. The summed E-state index contributed by atoms with van der Waals surface area (Å²) in [5, 5.41) is 2.23. The number of piperazine rings is 1. The number of anilines is 2. The van der Waals surface area contributed by atoms with Gasteiger partial charge in [0.15, 0.2) is 0 Å².